The van der Waals surface area contributed by atoms with Gasteiger partial charge in [-0.05, 0) is 25.2 Å². The molecule has 7 nitrogen and oxygen atoms in total. The summed E-state index contributed by atoms with van der Waals surface area (Å²) in [6.07, 6.45) is 3.41. The summed E-state index contributed by atoms with van der Waals surface area (Å²) in [7, 11) is 1.50. The van der Waals surface area contributed by atoms with Gasteiger partial charge in [-0.1, -0.05) is 0 Å². The van der Waals surface area contributed by atoms with Crippen molar-refractivity contribution in [2.45, 2.75) is 43.9 Å². The van der Waals surface area contributed by atoms with Gasteiger partial charge in [0.15, 0.2) is 0 Å². The van der Waals surface area contributed by atoms with Gasteiger partial charge in [0, 0.05) is 26.7 Å². The van der Waals surface area contributed by atoms with Gasteiger partial charge >= 0.3 is 12.0 Å². The smallest absolute Gasteiger partial charge is 0.326 e. The summed E-state index contributed by atoms with van der Waals surface area (Å²) in [5.74, 6) is -0.509. The molecule has 3 atom stereocenters. The van der Waals surface area contributed by atoms with Crippen LogP contribution >= 0.6 is 0 Å². The molecule has 114 valence electrons. The lowest BCUT2D eigenvalue weighted by atomic mass is 10.1. The Kier molecular flexibility index (Phi) is 5.19. The van der Waals surface area contributed by atoms with E-state index in [-0.39, 0.29) is 25.2 Å². The molecule has 1 aliphatic carbocycles. The normalized spacial score (nSPS) is 27.1. The molecule has 2 rings (SSSR count). The lowest BCUT2D eigenvalue weighted by Gasteiger charge is -2.21. The van der Waals surface area contributed by atoms with E-state index in [0.29, 0.717) is 12.5 Å². The second kappa shape index (κ2) is 6.90. The molecule has 20 heavy (non-hydrogen) atoms. The van der Waals surface area contributed by atoms with Crippen molar-refractivity contribution < 1.29 is 24.2 Å². The molecule has 0 aromatic rings. The van der Waals surface area contributed by atoms with E-state index in [1.165, 1.54) is 7.11 Å². The van der Waals surface area contributed by atoms with Gasteiger partial charge < -0.3 is 25.2 Å². The molecular formula is C13H22N2O5. The van der Waals surface area contributed by atoms with Crippen LogP contribution in [0.4, 0.5) is 4.79 Å². The molecule has 0 bridgehead atoms. The zero-order valence-corrected chi connectivity index (χ0v) is 11.6. The van der Waals surface area contributed by atoms with Crippen LogP contribution in [0.25, 0.3) is 0 Å². The number of urea groups is 1. The number of aliphatic carboxylic acids is 1. The summed E-state index contributed by atoms with van der Waals surface area (Å²) >= 11 is 0. The van der Waals surface area contributed by atoms with Crippen molar-refractivity contribution >= 4 is 12.0 Å². The van der Waals surface area contributed by atoms with E-state index in [9.17, 15) is 9.59 Å². The minimum atomic E-state index is -1.06. The number of methoxy groups -OCH3 is 1. The van der Waals surface area contributed by atoms with Gasteiger partial charge in [-0.3, -0.25) is 0 Å². The first-order valence-corrected chi connectivity index (χ1v) is 7.02. The molecule has 3 N–H and O–H groups in total. The third kappa shape index (κ3) is 4.08. The van der Waals surface area contributed by atoms with Gasteiger partial charge in [0.05, 0.1) is 12.1 Å². The zero-order chi connectivity index (χ0) is 14.5. The Bertz CT molecular complexity index is 359. The third-order valence-electron chi connectivity index (χ3n) is 3.75. The number of carboxylic acid groups (broad SMARTS) is 1. The van der Waals surface area contributed by atoms with Gasteiger partial charge in [0.2, 0.25) is 0 Å². The molecule has 0 aromatic carbocycles. The Labute approximate surface area is 118 Å². The first kappa shape index (κ1) is 15.1. The first-order valence-electron chi connectivity index (χ1n) is 7.02. The van der Waals surface area contributed by atoms with Crippen molar-refractivity contribution in [3.63, 3.8) is 0 Å². The molecule has 2 amide bonds. The van der Waals surface area contributed by atoms with E-state index in [4.69, 9.17) is 14.6 Å². The average molecular weight is 286 g/mol. The maximum atomic E-state index is 11.9. The Hall–Kier alpha value is -1.34. The predicted octanol–water partition coefficient (Wildman–Crippen LogP) is 0.343. The fourth-order valence-electron chi connectivity index (χ4n) is 2.52. The van der Waals surface area contributed by atoms with Crippen molar-refractivity contribution in [1.82, 2.24) is 10.6 Å². The van der Waals surface area contributed by atoms with Crippen LogP contribution in [0.3, 0.4) is 0 Å². The molecular weight excluding hydrogens is 264 g/mol. The van der Waals surface area contributed by atoms with Crippen LogP contribution in [0, 0.1) is 5.92 Å². The highest BCUT2D eigenvalue weighted by molar-refractivity contribution is 5.82. The minimum Gasteiger partial charge on any atom is -0.480 e. The highest BCUT2D eigenvalue weighted by Gasteiger charge is 2.41. The second-order valence-electron chi connectivity index (χ2n) is 5.36. The van der Waals surface area contributed by atoms with Crippen LogP contribution in [0.15, 0.2) is 0 Å². The number of hydrogen-bond acceptors (Lipinski definition) is 4. The monoisotopic (exact) mass is 286 g/mol. The lowest BCUT2D eigenvalue weighted by Crippen LogP contribution is -2.51. The van der Waals surface area contributed by atoms with Crippen molar-refractivity contribution in [2.24, 2.45) is 5.92 Å². The van der Waals surface area contributed by atoms with Crippen LogP contribution in [0.5, 0.6) is 0 Å². The molecule has 2 aliphatic rings. The minimum absolute atomic E-state index is 0.0145. The van der Waals surface area contributed by atoms with E-state index in [1.807, 2.05) is 0 Å². The fraction of sp³-hybridized carbons (Fsp3) is 0.846. The number of amides is 2. The number of carboxylic acids is 1. The quantitative estimate of drug-likeness (QED) is 0.627. The topological polar surface area (TPSA) is 96.9 Å². The molecule has 7 heteroatoms. The molecule has 0 radical (unpaired) electrons. The Morgan fingerprint density at radius 2 is 2.15 bits per heavy atom. The summed E-state index contributed by atoms with van der Waals surface area (Å²) < 4.78 is 10.5. The van der Waals surface area contributed by atoms with E-state index in [0.717, 1.165) is 19.3 Å². The molecule has 1 saturated heterocycles. The van der Waals surface area contributed by atoms with E-state index in [1.54, 1.807) is 0 Å². The molecule has 0 aromatic heterocycles. The number of rotatable bonds is 7. The zero-order valence-electron chi connectivity index (χ0n) is 11.6. The summed E-state index contributed by atoms with van der Waals surface area (Å²) in [5.41, 5.74) is 0. The lowest BCUT2D eigenvalue weighted by molar-refractivity contribution is -0.139. The second-order valence-corrected chi connectivity index (χ2v) is 5.36. The Morgan fingerprint density at radius 1 is 1.40 bits per heavy atom. The number of carbonyl (C=O) groups is 2. The molecule has 1 saturated carbocycles. The number of nitrogens with one attached hydrogen (secondary N) is 2. The average Bonchev–Trinajstić information content (AvgIpc) is 3.15. The summed E-state index contributed by atoms with van der Waals surface area (Å²) in [6.45, 7) is 0.937. The van der Waals surface area contributed by atoms with Crippen LogP contribution in [0.2, 0.25) is 0 Å². The molecule has 1 aliphatic heterocycles. The highest BCUT2D eigenvalue weighted by Crippen LogP contribution is 2.38. The predicted molar refractivity (Wildman–Crippen MR) is 70.5 cm³/mol. The number of carbonyl (C=O) groups excluding carboxylic acids is 1. The van der Waals surface area contributed by atoms with Gasteiger partial charge in [0.25, 0.3) is 0 Å². The largest absolute Gasteiger partial charge is 0.480 e. The Morgan fingerprint density at radius 3 is 2.75 bits per heavy atom. The summed E-state index contributed by atoms with van der Waals surface area (Å²) in [6, 6.07) is -1.40. The van der Waals surface area contributed by atoms with E-state index in [2.05, 4.69) is 10.6 Å². The molecule has 2 fully saturated rings. The number of hydrogen-bond donors (Lipinski definition) is 3. The first-order chi connectivity index (χ1) is 9.61. The standard InChI is InChI=1S/C13H22N2O5/c1-19-6-4-10(12(16)17)15-13(18)14-9-5-7-20-11(9)8-2-3-8/h8-11H,2-7H2,1H3,(H,16,17)(H2,14,15,18). The van der Waals surface area contributed by atoms with Gasteiger partial charge in [-0.25, -0.2) is 9.59 Å². The third-order valence-corrected chi connectivity index (χ3v) is 3.75. The van der Waals surface area contributed by atoms with Crippen LogP contribution in [-0.4, -0.2) is 55.6 Å². The molecule has 1 heterocycles. The molecule has 0 spiro atoms. The van der Waals surface area contributed by atoms with Gasteiger partial charge in [0.1, 0.15) is 6.04 Å². The maximum absolute atomic E-state index is 11.9. The van der Waals surface area contributed by atoms with E-state index < -0.39 is 18.0 Å². The van der Waals surface area contributed by atoms with Crippen molar-refractivity contribution in [3.05, 3.63) is 0 Å². The fourth-order valence-corrected chi connectivity index (χ4v) is 2.52. The van der Waals surface area contributed by atoms with Crippen LogP contribution < -0.4 is 10.6 Å². The van der Waals surface area contributed by atoms with Crippen LogP contribution in [0.1, 0.15) is 25.7 Å². The van der Waals surface area contributed by atoms with Crippen molar-refractivity contribution in [2.75, 3.05) is 20.3 Å². The van der Waals surface area contributed by atoms with Crippen molar-refractivity contribution in [3.8, 4) is 0 Å². The van der Waals surface area contributed by atoms with Crippen LogP contribution in [-0.2, 0) is 14.3 Å². The maximum Gasteiger partial charge on any atom is 0.326 e. The van der Waals surface area contributed by atoms with E-state index >= 15 is 0 Å². The number of ether oxygens (including phenoxy) is 2. The van der Waals surface area contributed by atoms with Gasteiger partial charge in [-0.15, -0.1) is 0 Å². The SMILES string of the molecule is COCCC(NC(=O)NC1CCOC1C1CC1)C(=O)O. The molecule has 3 unspecified atom stereocenters. The summed E-state index contributed by atoms with van der Waals surface area (Å²) in [4.78, 5) is 22.9. The highest BCUT2D eigenvalue weighted by atomic mass is 16.5. The Balaban J connectivity index is 1.79. The van der Waals surface area contributed by atoms with Gasteiger partial charge in [-0.2, -0.15) is 0 Å². The van der Waals surface area contributed by atoms with Crippen molar-refractivity contribution in [1.29, 1.82) is 0 Å². The summed E-state index contributed by atoms with van der Waals surface area (Å²) in [5, 5.41) is 14.3.